The van der Waals surface area contributed by atoms with Gasteiger partial charge in [0.2, 0.25) is 0 Å². The number of carbonyl (C=O) groups is 1. The average Bonchev–Trinajstić information content (AvgIpc) is 2.65. The average molecular weight is 276 g/mol. The molecule has 0 spiro atoms. The zero-order chi connectivity index (χ0) is 14.8. The van der Waals surface area contributed by atoms with Gasteiger partial charge in [-0.1, -0.05) is 26.0 Å². The molecule has 2 N–H and O–H groups in total. The number of rotatable bonds is 6. The summed E-state index contributed by atoms with van der Waals surface area (Å²) < 4.78 is 1.97. The molecule has 108 valence electrons. The Balaban J connectivity index is 2.38. The van der Waals surface area contributed by atoms with Crippen LogP contribution in [-0.2, 0) is 17.8 Å². The van der Waals surface area contributed by atoms with Crippen LogP contribution in [0, 0.1) is 5.41 Å². The van der Waals surface area contributed by atoms with E-state index < -0.39 is 5.97 Å². The Morgan fingerprint density at radius 1 is 1.35 bits per heavy atom. The lowest BCUT2D eigenvalue weighted by Gasteiger charge is -2.22. The van der Waals surface area contributed by atoms with Crippen molar-refractivity contribution in [2.24, 2.45) is 5.41 Å². The van der Waals surface area contributed by atoms with Crippen molar-refractivity contribution in [1.82, 2.24) is 9.55 Å². The molecule has 0 saturated carbocycles. The number of para-hydroxylation sites is 2. The maximum Gasteiger partial charge on any atom is 0.303 e. The first kappa shape index (κ1) is 14.5. The van der Waals surface area contributed by atoms with Gasteiger partial charge < -0.3 is 14.8 Å². The van der Waals surface area contributed by atoms with E-state index in [2.05, 4.69) is 4.98 Å². The molecule has 0 fully saturated rings. The second-order valence-electron chi connectivity index (χ2n) is 5.80. The molecule has 0 aliphatic rings. The van der Waals surface area contributed by atoms with Crippen molar-refractivity contribution < 1.29 is 15.0 Å². The molecule has 0 aliphatic carbocycles. The minimum absolute atomic E-state index is 0.0344. The first-order chi connectivity index (χ1) is 9.43. The van der Waals surface area contributed by atoms with Crippen molar-refractivity contribution in [3.63, 3.8) is 0 Å². The first-order valence-corrected chi connectivity index (χ1v) is 6.70. The minimum Gasteiger partial charge on any atom is -0.481 e. The van der Waals surface area contributed by atoms with Gasteiger partial charge in [0.25, 0.3) is 0 Å². The molecule has 2 rings (SSSR count). The number of benzene rings is 1. The van der Waals surface area contributed by atoms with Crippen LogP contribution in [0.2, 0.25) is 0 Å². The Labute approximate surface area is 117 Å². The fourth-order valence-corrected chi connectivity index (χ4v) is 2.51. The lowest BCUT2D eigenvalue weighted by Crippen LogP contribution is -2.22. The van der Waals surface area contributed by atoms with Crippen LogP contribution in [0.5, 0.6) is 0 Å². The van der Waals surface area contributed by atoms with Crippen molar-refractivity contribution in [2.45, 2.75) is 33.2 Å². The number of aliphatic carboxylic acids is 1. The molecule has 1 heterocycles. The van der Waals surface area contributed by atoms with Gasteiger partial charge in [-0.15, -0.1) is 0 Å². The predicted octanol–water partition coefficient (Wildman–Crippen LogP) is 2.07. The van der Waals surface area contributed by atoms with Crippen LogP contribution in [0.3, 0.4) is 0 Å². The van der Waals surface area contributed by atoms with E-state index in [1.807, 2.05) is 42.7 Å². The van der Waals surface area contributed by atoms with Gasteiger partial charge in [-0.05, 0) is 17.5 Å². The van der Waals surface area contributed by atoms with E-state index in [4.69, 9.17) is 5.11 Å². The number of hydrogen-bond donors (Lipinski definition) is 2. The summed E-state index contributed by atoms with van der Waals surface area (Å²) in [6.07, 6.45) is 0.656. The number of nitrogens with zero attached hydrogens (tertiary/aromatic N) is 2. The van der Waals surface area contributed by atoms with E-state index in [1.54, 1.807) is 0 Å². The van der Waals surface area contributed by atoms with Crippen LogP contribution in [0.4, 0.5) is 0 Å². The maximum atomic E-state index is 10.9. The first-order valence-electron chi connectivity index (χ1n) is 6.70. The molecule has 1 aromatic heterocycles. The molecule has 0 amide bonds. The Hall–Kier alpha value is -1.88. The van der Waals surface area contributed by atoms with E-state index in [-0.39, 0.29) is 18.4 Å². The SMILES string of the molecule is CC(C)(CC(=O)O)Cc1nc2ccccc2n1CCO. The van der Waals surface area contributed by atoms with E-state index in [0.29, 0.717) is 13.0 Å². The molecule has 20 heavy (non-hydrogen) atoms. The quantitative estimate of drug-likeness (QED) is 0.847. The molecule has 2 aromatic rings. The van der Waals surface area contributed by atoms with Crippen molar-refractivity contribution in [3.8, 4) is 0 Å². The summed E-state index contributed by atoms with van der Waals surface area (Å²) in [7, 11) is 0. The fraction of sp³-hybridized carbons (Fsp3) is 0.467. The van der Waals surface area contributed by atoms with Crippen LogP contribution in [0.1, 0.15) is 26.1 Å². The van der Waals surface area contributed by atoms with Gasteiger partial charge in [0.05, 0.1) is 24.1 Å². The number of fused-ring (bicyclic) bond motifs is 1. The Morgan fingerprint density at radius 3 is 2.70 bits per heavy atom. The van der Waals surface area contributed by atoms with Crippen LogP contribution in [0.15, 0.2) is 24.3 Å². The molecule has 0 unspecified atom stereocenters. The standard InChI is InChI=1S/C15H20N2O3/c1-15(2,10-14(19)20)9-13-16-11-5-3-4-6-12(11)17(13)7-8-18/h3-6,18H,7-10H2,1-2H3,(H,19,20). The lowest BCUT2D eigenvalue weighted by atomic mass is 9.85. The molecule has 0 atom stereocenters. The number of aromatic nitrogens is 2. The zero-order valence-corrected chi connectivity index (χ0v) is 11.8. The highest BCUT2D eigenvalue weighted by atomic mass is 16.4. The van der Waals surface area contributed by atoms with Crippen LogP contribution < -0.4 is 0 Å². The molecule has 0 aliphatic heterocycles. The molecular formula is C15H20N2O3. The van der Waals surface area contributed by atoms with Gasteiger partial charge in [-0.3, -0.25) is 4.79 Å². The molecule has 5 nitrogen and oxygen atoms in total. The summed E-state index contributed by atoms with van der Waals surface area (Å²) in [6, 6.07) is 7.75. The third kappa shape index (κ3) is 3.17. The summed E-state index contributed by atoms with van der Waals surface area (Å²) in [5.74, 6) is 0.0197. The molecular weight excluding hydrogens is 256 g/mol. The highest BCUT2D eigenvalue weighted by Gasteiger charge is 2.25. The van der Waals surface area contributed by atoms with Crippen LogP contribution in [0.25, 0.3) is 11.0 Å². The highest BCUT2D eigenvalue weighted by Crippen LogP contribution is 2.27. The molecule has 1 aromatic carbocycles. The minimum atomic E-state index is -0.806. The third-order valence-corrected chi connectivity index (χ3v) is 3.32. The Morgan fingerprint density at radius 2 is 2.05 bits per heavy atom. The van der Waals surface area contributed by atoms with E-state index in [9.17, 15) is 9.90 Å². The van der Waals surface area contributed by atoms with E-state index in [0.717, 1.165) is 16.9 Å². The number of hydrogen-bond acceptors (Lipinski definition) is 3. The predicted molar refractivity (Wildman–Crippen MR) is 76.6 cm³/mol. The largest absolute Gasteiger partial charge is 0.481 e. The monoisotopic (exact) mass is 276 g/mol. The second-order valence-corrected chi connectivity index (χ2v) is 5.80. The van der Waals surface area contributed by atoms with E-state index >= 15 is 0 Å². The highest BCUT2D eigenvalue weighted by molar-refractivity contribution is 5.76. The van der Waals surface area contributed by atoms with Crippen LogP contribution in [-0.4, -0.2) is 32.3 Å². The normalized spacial score (nSPS) is 11.9. The number of aliphatic hydroxyl groups excluding tert-OH is 1. The van der Waals surface area contributed by atoms with Gasteiger partial charge in [-0.2, -0.15) is 0 Å². The smallest absolute Gasteiger partial charge is 0.303 e. The molecule has 5 heteroatoms. The lowest BCUT2D eigenvalue weighted by molar-refractivity contribution is -0.139. The van der Waals surface area contributed by atoms with Crippen molar-refractivity contribution >= 4 is 17.0 Å². The number of imidazole rings is 1. The van der Waals surface area contributed by atoms with Gasteiger partial charge >= 0.3 is 5.97 Å². The number of aliphatic hydroxyl groups is 1. The molecule has 0 bridgehead atoms. The van der Waals surface area contributed by atoms with Gasteiger partial charge in [0, 0.05) is 13.0 Å². The van der Waals surface area contributed by atoms with Gasteiger partial charge in [-0.25, -0.2) is 4.98 Å². The molecule has 0 saturated heterocycles. The van der Waals surface area contributed by atoms with Crippen molar-refractivity contribution in [2.75, 3.05) is 6.61 Å². The van der Waals surface area contributed by atoms with Crippen molar-refractivity contribution in [1.29, 1.82) is 0 Å². The topological polar surface area (TPSA) is 75.3 Å². The fourth-order valence-electron chi connectivity index (χ4n) is 2.51. The van der Waals surface area contributed by atoms with Gasteiger partial charge in [0.15, 0.2) is 0 Å². The summed E-state index contributed by atoms with van der Waals surface area (Å²) in [5.41, 5.74) is 1.48. The van der Waals surface area contributed by atoms with Crippen molar-refractivity contribution in [3.05, 3.63) is 30.1 Å². The summed E-state index contributed by atoms with van der Waals surface area (Å²) in [5, 5.41) is 18.2. The summed E-state index contributed by atoms with van der Waals surface area (Å²) in [6.45, 7) is 4.35. The number of carboxylic acids is 1. The van der Waals surface area contributed by atoms with E-state index in [1.165, 1.54) is 0 Å². The van der Waals surface area contributed by atoms with Gasteiger partial charge in [0.1, 0.15) is 5.82 Å². The Bertz CT molecular complexity index is 617. The second kappa shape index (κ2) is 5.63. The Kier molecular flexibility index (Phi) is 4.09. The zero-order valence-electron chi connectivity index (χ0n) is 11.8. The molecule has 0 radical (unpaired) electrons. The number of carboxylic acid groups (broad SMARTS) is 1. The maximum absolute atomic E-state index is 10.9. The third-order valence-electron chi connectivity index (χ3n) is 3.32. The summed E-state index contributed by atoms with van der Waals surface area (Å²) in [4.78, 5) is 15.5. The summed E-state index contributed by atoms with van der Waals surface area (Å²) >= 11 is 0. The van der Waals surface area contributed by atoms with Crippen LogP contribution >= 0.6 is 0 Å².